The molecule has 2 heterocycles. The standard InChI is InChI=1S/C13H13N5O6S2/c1-24-13-15-9(6-2-3-6)14-11(17-13)16-12(21)18-26(22,23)7-4-5-25-8(7)10(19)20/h4-6H,2-3H2,1H3,(H,19,20)(H2,14,15,16,17,18,21). The largest absolute Gasteiger partial charge is 0.477 e. The molecule has 2 amide bonds. The number of rotatable bonds is 6. The third kappa shape index (κ3) is 3.88. The summed E-state index contributed by atoms with van der Waals surface area (Å²) < 4.78 is 31.1. The molecule has 26 heavy (non-hydrogen) atoms. The molecule has 0 bridgehead atoms. The summed E-state index contributed by atoms with van der Waals surface area (Å²) in [5.74, 6) is -0.975. The summed E-state index contributed by atoms with van der Waals surface area (Å²) in [5.41, 5.74) is 0. The van der Waals surface area contributed by atoms with E-state index in [0.717, 1.165) is 30.2 Å². The number of nitrogens with one attached hydrogen (secondary N) is 2. The van der Waals surface area contributed by atoms with Crippen LogP contribution < -0.4 is 14.8 Å². The van der Waals surface area contributed by atoms with E-state index in [9.17, 15) is 18.0 Å². The van der Waals surface area contributed by atoms with Gasteiger partial charge in [0.1, 0.15) is 15.6 Å². The van der Waals surface area contributed by atoms with Gasteiger partial charge in [0.2, 0.25) is 5.95 Å². The molecule has 0 atom stereocenters. The Labute approximate surface area is 151 Å². The Kier molecular flexibility index (Phi) is 4.73. The van der Waals surface area contributed by atoms with Crippen LogP contribution in [0.25, 0.3) is 0 Å². The zero-order valence-corrected chi connectivity index (χ0v) is 14.9. The van der Waals surface area contributed by atoms with Crippen molar-refractivity contribution in [2.24, 2.45) is 0 Å². The monoisotopic (exact) mass is 399 g/mol. The number of aromatic nitrogens is 3. The van der Waals surface area contributed by atoms with Crippen LogP contribution in [0, 0.1) is 0 Å². The minimum absolute atomic E-state index is 0.00828. The Balaban J connectivity index is 1.77. The molecule has 0 aromatic carbocycles. The molecule has 11 nitrogen and oxygen atoms in total. The molecule has 2 aromatic heterocycles. The fourth-order valence-electron chi connectivity index (χ4n) is 2.01. The Morgan fingerprint density at radius 1 is 1.31 bits per heavy atom. The van der Waals surface area contributed by atoms with E-state index in [2.05, 4.69) is 20.3 Å². The van der Waals surface area contributed by atoms with Gasteiger partial charge in [-0.1, -0.05) is 0 Å². The molecule has 1 aliphatic carbocycles. The molecule has 138 valence electrons. The summed E-state index contributed by atoms with van der Waals surface area (Å²) in [7, 11) is -3.03. The molecule has 0 spiro atoms. The van der Waals surface area contributed by atoms with Crippen molar-refractivity contribution in [1.82, 2.24) is 19.7 Å². The number of aromatic carboxylic acids is 1. The van der Waals surface area contributed by atoms with Gasteiger partial charge in [0.25, 0.3) is 10.0 Å². The summed E-state index contributed by atoms with van der Waals surface area (Å²) in [6.07, 6.45) is 1.81. The van der Waals surface area contributed by atoms with Crippen LogP contribution in [0.5, 0.6) is 6.01 Å². The topological polar surface area (TPSA) is 160 Å². The van der Waals surface area contributed by atoms with E-state index >= 15 is 0 Å². The van der Waals surface area contributed by atoms with Crippen LogP contribution in [-0.2, 0) is 10.0 Å². The van der Waals surface area contributed by atoms with Gasteiger partial charge in [0, 0.05) is 5.92 Å². The molecule has 1 aliphatic rings. The first-order valence-electron chi connectivity index (χ1n) is 7.24. The maximum Gasteiger partial charge on any atom is 0.347 e. The van der Waals surface area contributed by atoms with Crippen LogP contribution in [0.15, 0.2) is 16.3 Å². The summed E-state index contributed by atoms with van der Waals surface area (Å²) in [4.78, 5) is 34.1. The van der Waals surface area contributed by atoms with Crippen LogP contribution >= 0.6 is 11.3 Å². The van der Waals surface area contributed by atoms with Gasteiger partial charge in [-0.25, -0.2) is 22.7 Å². The summed E-state index contributed by atoms with van der Waals surface area (Å²) in [5, 5.41) is 12.5. The number of thiophene rings is 1. The second kappa shape index (κ2) is 6.84. The lowest BCUT2D eigenvalue weighted by Crippen LogP contribution is -2.35. The van der Waals surface area contributed by atoms with Gasteiger partial charge in [-0.15, -0.1) is 11.3 Å². The highest BCUT2D eigenvalue weighted by atomic mass is 32.2. The van der Waals surface area contributed by atoms with E-state index < -0.39 is 31.8 Å². The average Bonchev–Trinajstić information content (AvgIpc) is 3.29. The molecule has 13 heteroatoms. The number of hydrogen-bond donors (Lipinski definition) is 3. The molecule has 0 radical (unpaired) electrons. The van der Waals surface area contributed by atoms with Crippen molar-refractivity contribution in [3.8, 4) is 6.01 Å². The predicted octanol–water partition coefficient (Wildman–Crippen LogP) is 1.03. The molecule has 2 aromatic rings. The van der Waals surface area contributed by atoms with Crippen LogP contribution in [0.1, 0.15) is 34.3 Å². The Morgan fingerprint density at radius 3 is 2.65 bits per heavy atom. The van der Waals surface area contributed by atoms with Crippen LogP contribution in [0.3, 0.4) is 0 Å². The lowest BCUT2D eigenvalue weighted by atomic mass is 10.4. The van der Waals surface area contributed by atoms with E-state index in [-0.39, 0.29) is 17.9 Å². The zero-order chi connectivity index (χ0) is 18.9. The highest BCUT2D eigenvalue weighted by Gasteiger charge is 2.29. The molecule has 3 rings (SSSR count). The second-order valence-electron chi connectivity index (χ2n) is 5.26. The van der Waals surface area contributed by atoms with Gasteiger partial charge in [-0.2, -0.15) is 15.0 Å². The van der Waals surface area contributed by atoms with Crippen molar-refractivity contribution in [2.75, 3.05) is 12.4 Å². The highest BCUT2D eigenvalue weighted by molar-refractivity contribution is 7.90. The van der Waals surface area contributed by atoms with E-state index in [0.29, 0.717) is 5.82 Å². The first-order chi connectivity index (χ1) is 12.3. The molecule has 0 saturated heterocycles. The van der Waals surface area contributed by atoms with Gasteiger partial charge >= 0.3 is 18.0 Å². The molecular weight excluding hydrogens is 386 g/mol. The number of urea groups is 1. The first-order valence-corrected chi connectivity index (χ1v) is 9.61. The number of hydrogen-bond acceptors (Lipinski definition) is 9. The summed E-state index contributed by atoms with van der Waals surface area (Å²) in [6, 6.07) is -0.0467. The lowest BCUT2D eigenvalue weighted by molar-refractivity contribution is 0.0698. The van der Waals surface area contributed by atoms with E-state index in [1.54, 1.807) is 4.72 Å². The number of methoxy groups -OCH3 is 1. The zero-order valence-electron chi connectivity index (χ0n) is 13.3. The second-order valence-corrected chi connectivity index (χ2v) is 7.82. The van der Waals surface area contributed by atoms with Gasteiger partial charge in [-0.3, -0.25) is 5.32 Å². The van der Waals surface area contributed by atoms with E-state index in [1.807, 2.05) is 0 Å². The van der Waals surface area contributed by atoms with Crippen molar-refractivity contribution in [3.63, 3.8) is 0 Å². The minimum Gasteiger partial charge on any atom is -0.477 e. The van der Waals surface area contributed by atoms with Crippen molar-refractivity contribution in [3.05, 3.63) is 22.1 Å². The van der Waals surface area contributed by atoms with Crippen molar-refractivity contribution < 1.29 is 27.9 Å². The summed E-state index contributed by atoms with van der Waals surface area (Å²) in [6.45, 7) is 0. The summed E-state index contributed by atoms with van der Waals surface area (Å²) >= 11 is 0.733. The number of sulfonamides is 1. The number of anilines is 1. The quantitative estimate of drug-likeness (QED) is 0.644. The van der Waals surface area contributed by atoms with E-state index in [4.69, 9.17) is 9.84 Å². The normalized spacial score (nSPS) is 13.9. The molecular formula is C13H13N5O6S2. The molecule has 0 aliphatic heterocycles. The fourth-order valence-corrected chi connectivity index (χ4v) is 4.18. The van der Waals surface area contributed by atoms with Crippen LogP contribution in [-0.4, -0.2) is 47.6 Å². The third-order valence-corrected chi connectivity index (χ3v) is 5.73. The highest BCUT2D eigenvalue weighted by Crippen LogP contribution is 2.38. The maximum atomic E-state index is 12.2. The van der Waals surface area contributed by atoms with Crippen LogP contribution in [0.4, 0.5) is 10.7 Å². The number of carboxylic acid groups (broad SMARTS) is 1. The maximum absolute atomic E-state index is 12.2. The van der Waals surface area contributed by atoms with Crippen LogP contribution in [0.2, 0.25) is 0 Å². The van der Waals surface area contributed by atoms with E-state index in [1.165, 1.54) is 12.5 Å². The number of amides is 2. The van der Waals surface area contributed by atoms with Crippen molar-refractivity contribution in [1.29, 1.82) is 0 Å². The molecule has 0 unspecified atom stereocenters. The minimum atomic E-state index is -4.38. The number of carboxylic acids is 1. The van der Waals surface area contributed by atoms with Crippen molar-refractivity contribution in [2.45, 2.75) is 23.7 Å². The third-order valence-electron chi connectivity index (χ3n) is 3.32. The molecule has 1 fully saturated rings. The predicted molar refractivity (Wildman–Crippen MR) is 89.0 cm³/mol. The van der Waals surface area contributed by atoms with Crippen molar-refractivity contribution >= 4 is 39.3 Å². The lowest BCUT2D eigenvalue weighted by Gasteiger charge is -2.09. The fraction of sp³-hybridized carbons (Fsp3) is 0.308. The SMILES string of the molecule is COc1nc(NC(=O)NS(=O)(=O)c2ccsc2C(=O)O)nc(C2CC2)n1. The Morgan fingerprint density at radius 2 is 2.04 bits per heavy atom. The number of carbonyl (C=O) groups is 2. The van der Waals surface area contributed by atoms with Gasteiger partial charge in [0.05, 0.1) is 7.11 Å². The smallest absolute Gasteiger partial charge is 0.347 e. The van der Waals surface area contributed by atoms with Gasteiger partial charge in [-0.05, 0) is 24.3 Å². The van der Waals surface area contributed by atoms with Gasteiger partial charge < -0.3 is 9.84 Å². The average molecular weight is 399 g/mol. The Hall–Kier alpha value is -2.80. The molecule has 3 N–H and O–H groups in total. The molecule has 1 saturated carbocycles. The number of carbonyl (C=O) groups excluding carboxylic acids is 1. The number of ether oxygens (including phenoxy) is 1. The number of nitrogens with zero attached hydrogens (tertiary/aromatic N) is 3. The Bertz CT molecular complexity index is 969. The van der Waals surface area contributed by atoms with Gasteiger partial charge in [0.15, 0.2) is 0 Å². The first kappa shape index (κ1) is 18.0.